The Bertz CT molecular complexity index is 796. The zero-order valence-electron chi connectivity index (χ0n) is 14.5. The lowest BCUT2D eigenvalue weighted by atomic mass is 9.88. The monoisotopic (exact) mass is 380 g/mol. The van der Waals surface area contributed by atoms with Gasteiger partial charge >= 0.3 is 0 Å². The molecular formula is C19H22F2N2O2S. The zero-order chi connectivity index (χ0) is 18.1. The number of carbonyl (C=O) groups is 1. The summed E-state index contributed by atoms with van der Waals surface area (Å²) < 4.78 is 33.4. The van der Waals surface area contributed by atoms with E-state index in [9.17, 15) is 13.6 Å². The third kappa shape index (κ3) is 3.68. The molecule has 26 heavy (non-hydrogen) atoms. The number of likely N-dealkylation sites (tertiary alicyclic amines) is 1. The lowest BCUT2D eigenvalue weighted by Gasteiger charge is -2.34. The summed E-state index contributed by atoms with van der Waals surface area (Å²) in [5, 5.41) is 0.363. The standard InChI is InChI=1S/C19H22F2N2O2S/c20-13-10-15(21)17-16(11-13)26-19(22-17)25-14-6-8-23(9-7-14)18(24)12-4-2-1-3-5-12/h10-12,14H,1-9H2. The van der Waals surface area contributed by atoms with Crippen molar-refractivity contribution in [1.82, 2.24) is 9.88 Å². The van der Waals surface area contributed by atoms with Gasteiger partial charge in [0.05, 0.1) is 4.70 Å². The third-order valence-electron chi connectivity index (χ3n) is 5.37. The molecule has 0 unspecified atom stereocenters. The summed E-state index contributed by atoms with van der Waals surface area (Å²) in [6.07, 6.45) is 7.03. The minimum absolute atomic E-state index is 0.0427. The highest BCUT2D eigenvalue weighted by Gasteiger charge is 2.30. The largest absolute Gasteiger partial charge is 0.467 e. The van der Waals surface area contributed by atoms with Crippen LogP contribution in [0.3, 0.4) is 0 Å². The molecule has 7 heteroatoms. The molecule has 1 amide bonds. The molecule has 2 heterocycles. The number of thiazole rings is 1. The Hall–Kier alpha value is -1.76. The van der Waals surface area contributed by atoms with E-state index in [1.54, 1.807) is 0 Å². The topological polar surface area (TPSA) is 42.4 Å². The quantitative estimate of drug-likeness (QED) is 0.786. The number of hydrogen-bond donors (Lipinski definition) is 0. The van der Waals surface area contributed by atoms with Crippen LogP contribution >= 0.6 is 11.3 Å². The average Bonchev–Trinajstić information content (AvgIpc) is 3.05. The molecule has 1 aliphatic heterocycles. The Balaban J connectivity index is 1.35. The lowest BCUT2D eigenvalue weighted by Crippen LogP contribution is -2.44. The van der Waals surface area contributed by atoms with Gasteiger partial charge in [0.1, 0.15) is 17.4 Å². The van der Waals surface area contributed by atoms with Gasteiger partial charge in [-0.1, -0.05) is 30.6 Å². The lowest BCUT2D eigenvalue weighted by molar-refractivity contribution is -0.138. The Morgan fingerprint density at radius 1 is 1.12 bits per heavy atom. The number of halogens is 2. The van der Waals surface area contributed by atoms with Crippen LogP contribution in [0.15, 0.2) is 12.1 Å². The second kappa shape index (κ2) is 7.47. The molecule has 1 saturated carbocycles. The first-order valence-electron chi connectivity index (χ1n) is 9.31. The first kappa shape index (κ1) is 17.6. The predicted octanol–water partition coefficient (Wildman–Crippen LogP) is 4.52. The van der Waals surface area contributed by atoms with Gasteiger partial charge in [-0.2, -0.15) is 4.98 Å². The fourth-order valence-electron chi connectivity index (χ4n) is 3.93. The number of hydrogen-bond acceptors (Lipinski definition) is 4. The summed E-state index contributed by atoms with van der Waals surface area (Å²) in [5.74, 6) is -0.789. The minimum atomic E-state index is -0.668. The van der Waals surface area contributed by atoms with Gasteiger partial charge < -0.3 is 9.64 Å². The number of carbonyl (C=O) groups excluding carboxylic acids is 1. The summed E-state index contributed by atoms with van der Waals surface area (Å²) >= 11 is 1.16. The van der Waals surface area contributed by atoms with Crippen LogP contribution in [-0.4, -0.2) is 35.0 Å². The summed E-state index contributed by atoms with van der Waals surface area (Å²) in [5.41, 5.74) is 0.149. The number of aromatic nitrogens is 1. The molecule has 2 aliphatic rings. The molecule has 4 nitrogen and oxygen atoms in total. The van der Waals surface area contributed by atoms with Crippen molar-refractivity contribution in [1.29, 1.82) is 0 Å². The Morgan fingerprint density at radius 3 is 2.58 bits per heavy atom. The molecule has 0 bridgehead atoms. The van der Waals surface area contributed by atoms with Crippen LogP contribution in [0.4, 0.5) is 8.78 Å². The third-order valence-corrected chi connectivity index (χ3v) is 6.26. The second-order valence-electron chi connectivity index (χ2n) is 7.19. The molecule has 4 rings (SSSR count). The van der Waals surface area contributed by atoms with Gasteiger partial charge in [0, 0.05) is 37.9 Å². The smallest absolute Gasteiger partial charge is 0.274 e. The summed E-state index contributed by atoms with van der Waals surface area (Å²) in [7, 11) is 0. The van der Waals surface area contributed by atoms with E-state index in [-0.39, 0.29) is 17.5 Å². The highest BCUT2D eigenvalue weighted by atomic mass is 32.1. The Kier molecular flexibility index (Phi) is 5.07. The Morgan fingerprint density at radius 2 is 1.85 bits per heavy atom. The van der Waals surface area contributed by atoms with Crippen LogP contribution in [0.1, 0.15) is 44.9 Å². The van der Waals surface area contributed by atoms with Crippen LogP contribution in [0.5, 0.6) is 5.19 Å². The summed E-state index contributed by atoms with van der Waals surface area (Å²) in [4.78, 5) is 18.7. The van der Waals surface area contributed by atoms with Crippen molar-refractivity contribution in [2.45, 2.75) is 51.0 Å². The van der Waals surface area contributed by atoms with E-state index in [4.69, 9.17) is 4.74 Å². The van der Waals surface area contributed by atoms with Crippen LogP contribution in [0.25, 0.3) is 10.2 Å². The van der Waals surface area contributed by atoms with Gasteiger partial charge in [-0.05, 0) is 18.9 Å². The van der Waals surface area contributed by atoms with Crippen LogP contribution in [0, 0.1) is 17.6 Å². The van der Waals surface area contributed by atoms with Gasteiger partial charge in [0.2, 0.25) is 5.91 Å². The van der Waals surface area contributed by atoms with Gasteiger partial charge in [0.15, 0.2) is 5.82 Å². The number of nitrogens with zero attached hydrogens (tertiary/aromatic N) is 2. The van der Waals surface area contributed by atoms with E-state index in [0.717, 1.165) is 55.9 Å². The fourth-order valence-corrected chi connectivity index (χ4v) is 4.85. The number of rotatable bonds is 3. The van der Waals surface area contributed by atoms with E-state index in [1.165, 1.54) is 12.5 Å². The van der Waals surface area contributed by atoms with Crippen LogP contribution < -0.4 is 4.74 Å². The molecule has 1 aliphatic carbocycles. The van der Waals surface area contributed by atoms with Crippen molar-refractivity contribution in [2.75, 3.05) is 13.1 Å². The van der Waals surface area contributed by atoms with E-state index >= 15 is 0 Å². The molecule has 1 saturated heterocycles. The maximum atomic E-state index is 13.8. The van der Waals surface area contributed by atoms with Crippen molar-refractivity contribution in [3.63, 3.8) is 0 Å². The number of ether oxygens (including phenoxy) is 1. The predicted molar refractivity (Wildman–Crippen MR) is 96.3 cm³/mol. The van der Waals surface area contributed by atoms with Gasteiger partial charge in [-0.3, -0.25) is 4.79 Å². The first-order chi connectivity index (χ1) is 12.6. The molecule has 0 spiro atoms. The summed E-state index contributed by atoms with van der Waals surface area (Å²) in [6, 6.07) is 2.11. The maximum absolute atomic E-state index is 13.8. The molecule has 140 valence electrons. The number of benzene rings is 1. The molecule has 2 fully saturated rings. The molecule has 1 aromatic heterocycles. The number of amides is 1. The molecular weight excluding hydrogens is 358 g/mol. The molecule has 0 N–H and O–H groups in total. The first-order valence-corrected chi connectivity index (χ1v) is 10.1. The number of piperidine rings is 1. The fraction of sp³-hybridized carbons (Fsp3) is 0.579. The van der Waals surface area contributed by atoms with Gasteiger partial charge in [-0.15, -0.1) is 0 Å². The summed E-state index contributed by atoms with van der Waals surface area (Å²) in [6.45, 7) is 1.38. The van der Waals surface area contributed by atoms with E-state index in [2.05, 4.69) is 4.98 Å². The van der Waals surface area contributed by atoms with E-state index in [1.807, 2.05) is 4.90 Å². The Labute approximate surface area is 155 Å². The second-order valence-corrected chi connectivity index (χ2v) is 8.18. The SMILES string of the molecule is O=C(C1CCCCC1)N1CCC(Oc2nc3c(F)cc(F)cc3s2)CC1. The van der Waals surface area contributed by atoms with Crippen molar-refractivity contribution < 1.29 is 18.3 Å². The minimum Gasteiger partial charge on any atom is -0.467 e. The molecule has 0 radical (unpaired) electrons. The molecule has 1 aromatic carbocycles. The van der Waals surface area contributed by atoms with E-state index < -0.39 is 11.6 Å². The van der Waals surface area contributed by atoms with Gasteiger partial charge in [-0.25, -0.2) is 8.78 Å². The molecule has 2 aromatic rings. The van der Waals surface area contributed by atoms with Gasteiger partial charge in [0.25, 0.3) is 5.19 Å². The van der Waals surface area contributed by atoms with Crippen LogP contribution in [-0.2, 0) is 4.79 Å². The zero-order valence-corrected chi connectivity index (χ0v) is 15.4. The van der Waals surface area contributed by atoms with Crippen molar-refractivity contribution in [2.24, 2.45) is 5.92 Å². The van der Waals surface area contributed by atoms with Crippen LogP contribution in [0.2, 0.25) is 0 Å². The van der Waals surface area contributed by atoms with E-state index in [0.29, 0.717) is 28.9 Å². The van der Waals surface area contributed by atoms with Crippen molar-refractivity contribution >= 4 is 27.5 Å². The molecule has 0 atom stereocenters. The van der Waals surface area contributed by atoms with Crippen molar-refractivity contribution in [3.05, 3.63) is 23.8 Å². The highest BCUT2D eigenvalue weighted by molar-refractivity contribution is 7.20. The maximum Gasteiger partial charge on any atom is 0.274 e. The van der Waals surface area contributed by atoms with Crippen molar-refractivity contribution in [3.8, 4) is 5.19 Å². The number of fused-ring (bicyclic) bond motifs is 1. The normalized spacial score (nSPS) is 19.8. The highest BCUT2D eigenvalue weighted by Crippen LogP contribution is 2.32. The average molecular weight is 380 g/mol.